The second-order valence-electron chi connectivity index (χ2n) is 6.74. The summed E-state index contributed by atoms with van der Waals surface area (Å²) in [6.45, 7) is 4.84. The van der Waals surface area contributed by atoms with Crippen molar-refractivity contribution in [1.29, 1.82) is 0 Å². The Hall–Kier alpha value is -2.38. The van der Waals surface area contributed by atoms with Crippen LogP contribution in [-0.4, -0.2) is 71.5 Å². The molecule has 1 saturated heterocycles. The minimum absolute atomic E-state index is 0.0251. The molecular weight excluding hydrogens is 330 g/mol. The average molecular weight is 357 g/mol. The van der Waals surface area contributed by atoms with Crippen molar-refractivity contribution in [3.8, 4) is 5.69 Å². The van der Waals surface area contributed by atoms with E-state index >= 15 is 0 Å². The molecule has 140 valence electrons. The van der Waals surface area contributed by atoms with Gasteiger partial charge in [-0.3, -0.25) is 0 Å². The second kappa shape index (κ2) is 8.33. The Kier molecular flexibility index (Phi) is 5.90. The fourth-order valence-electron chi connectivity index (χ4n) is 3.27. The standard InChI is InChI=1S/C19H27N5O2/c1-4-26-18-14-22(2)13-17(18)21-19(25)23(3)12-15-6-8-16(9-7-15)24-11-5-10-20-24/h5-11,17-18H,4,12-14H2,1-3H3,(H,21,25)/t17-,18-/m0/s1. The minimum atomic E-state index is -0.0776. The van der Waals surface area contributed by atoms with E-state index in [9.17, 15) is 4.79 Å². The minimum Gasteiger partial charge on any atom is -0.375 e. The van der Waals surface area contributed by atoms with Crippen LogP contribution in [0.15, 0.2) is 42.7 Å². The second-order valence-corrected chi connectivity index (χ2v) is 6.74. The molecule has 3 rings (SSSR count). The summed E-state index contributed by atoms with van der Waals surface area (Å²) in [4.78, 5) is 16.4. The third kappa shape index (κ3) is 4.42. The van der Waals surface area contributed by atoms with Crippen LogP contribution in [0.5, 0.6) is 0 Å². The van der Waals surface area contributed by atoms with Crippen molar-refractivity contribution in [3.05, 3.63) is 48.3 Å². The smallest absolute Gasteiger partial charge is 0.317 e. The Morgan fingerprint density at radius 3 is 2.77 bits per heavy atom. The maximum absolute atomic E-state index is 12.5. The number of likely N-dealkylation sites (tertiary alicyclic amines) is 1. The van der Waals surface area contributed by atoms with E-state index in [4.69, 9.17) is 4.74 Å². The Morgan fingerprint density at radius 1 is 1.35 bits per heavy atom. The maximum Gasteiger partial charge on any atom is 0.317 e. The van der Waals surface area contributed by atoms with Gasteiger partial charge >= 0.3 is 6.03 Å². The monoisotopic (exact) mass is 357 g/mol. The molecule has 0 radical (unpaired) electrons. The molecule has 2 atom stereocenters. The molecule has 1 aliphatic rings. The zero-order chi connectivity index (χ0) is 18.5. The number of amides is 2. The summed E-state index contributed by atoms with van der Waals surface area (Å²) >= 11 is 0. The van der Waals surface area contributed by atoms with E-state index in [1.165, 1.54) is 0 Å². The molecule has 7 heteroatoms. The van der Waals surface area contributed by atoms with Gasteiger partial charge in [0.1, 0.15) is 0 Å². The summed E-state index contributed by atoms with van der Waals surface area (Å²) in [5, 5.41) is 7.32. The predicted octanol–water partition coefficient (Wildman–Crippen LogP) is 1.73. The van der Waals surface area contributed by atoms with Gasteiger partial charge in [0, 0.05) is 45.7 Å². The van der Waals surface area contributed by atoms with Gasteiger partial charge < -0.3 is 19.9 Å². The highest BCUT2D eigenvalue weighted by molar-refractivity contribution is 5.74. The van der Waals surface area contributed by atoms with E-state index in [1.54, 1.807) is 11.1 Å². The number of nitrogens with one attached hydrogen (secondary N) is 1. The molecule has 2 amide bonds. The zero-order valence-corrected chi connectivity index (χ0v) is 15.6. The molecule has 26 heavy (non-hydrogen) atoms. The molecule has 0 saturated carbocycles. The zero-order valence-electron chi connectivity index (χ0n) is 15.6. The lowest BCUT2D eigenvalue weighted by atomic mass is 10.2. The molecule has 2 aromatic rings. The first kappa shape index (κ1) is 18.4. The summed E-state index contributed by atoms with van der Waals surface area (Å²) < 4.78 is 7.56. The third-order valence-electron chi connectivity index (χ3n) is 4.61. The largest absolute Gasteiger partial charge is 0.375 e. The molecule has 0 unspecified atom stereocenters. The lowest BCUT2D eigenvalue weighted by molar-refractivity contribution is 0.0552. The number of benzene rings is 1. The van der Waals surface area contributed by atoms with Crippen LogP contribution in [0.3, 0.4) is 0 Å². The average Bonchev–Trinajstić information content (AvgIpc) is 3.26. The van der Waals surface area contributed by atoms with Gasteiger partial charge in [-0.15, -0.1) is 0 Å². The van der Waals surface area contributed by atoms with E-state index in [2.05, 4.69) is 15.3 Å². The van der Waals surface area contributed by atoms with Crippen LogP contribution in [0, 0.1) is 0 Å². The highest BCUT2D eigenvalue weighted by Gasteiger charge is 2.33. The third-order valence-corrected chi connectivity index (χ3v) is 4.61. The maximum atomic E-state index is 12.5. The number of hydrogen-bond acceptors (Lipinski definition) is 4. The van der Waals surface area contributed by atoms with E-state index in [-0.39, 0.29) is 18.2 Å². The molecule has 1 aromatic heterocycles. The van der Waals surface area contributed by atoms with Crippen molar-refractivity contribution in [2.24, 2.45) is 0 Å². The first-order chi connectivity index (χ1) is 12.6. The van der Waals surface area contributed by atoms with Gasteiger partial charge in [-0.25, -0.2) is 9.48 Å². The molecule has 1 fully saturated rings. The van der Waals surface area contributed by atoms with Gasteiger partial charge in [0.05, 0.1) is 17.8 Å². The molecule has 0 aliphatic carbocycles. The van der Waals surface area contributed by atoms with Crippen molar-refractivity contribution in [2.75, 3.05) is 33.8 Å². The fraction of sp³-hybridized carbons (Fsp3) is 0.474. The molecule has 1 aromatic carbocycles. The van der Waals surface area contributed by atoms with Gasteiger partial charge in [0.25, 0.3) is 0 Å². The fourth-order valence-corrected chi connectivity index (χ4v) is 3.27. The lowest BCUT2D eigenvalue weighted by Gasteiger charge is -2.24. The Morgan fingerprint density at radius 2 is 2.12 bits per heavy atom. The summed E-state index contributed by atoms with van der Waals surface area (Å²) in [7, 11) is 3.86. The summed E-state index contributed by atoms with van der Waals surface area (Å²) in [6.07, 6.45) is 3.71. The molecular formula is C19H27N5O2. The van der Waals surface area contributed by atoms with E-state index in [1.807, 2.05) is 62.2 Å². The molecule has 0 bridgehead atoms. The van der Waals surface area contributed by atoms with Crippen molar-refractivity contribution in [2.45, 2.75) is 25.6 Å². The Labute approximate surface area is 154 Å². The highest BCUT2D eigenvalue weighted by Crippen LogP contribution is 2.13. The number of likely N-dealkylation sites (N-methyl/N-ethyl adjacent to an activating group) is 1. The lowest BCUT2D eigenvalue weighted by Crippen LogP contribution is -2.48. The highest BCUT2D eigenvalue weighted by atomic mass is 16.5. The van der Waals surface area contributed by atoms with Gasteiger partial charge in [-0.05, 0) is 37.7 Å². The molecule has 7 nitrogen and oxygen atoms in total. The number of urea groups is 1. The predicted molar refractivity (Wildman–Crippen MR) is 100 cm³/mol. The van der Waals surface area contributed by atoms with Crippen LogP contribution in [0.1, 0.15) is 12.5 Å². The van der Waals surface area contributed by atoms with E-state index in [0.29, 0.717) is 13.2 Å². The van der Waals surface area contributed by atoms with Crippen LogP contribution < -0.4 is 5.32 Å². The molecule has 2 heterocycles. The quantitative estimate of drug-likeness (QED) is 0.855. The van der Waals surface area contributed by atoms with Crippen LogP contribution in [0.2, 0.25) is 0 Å². The number of carbonyl (C=O) groups is 1. The Balaban J connectivity index is 1.55. The summed E-state index contributed by atoms with van der Waals surface area (Å²) in [5.41, 5.74) is 2.07. The van der Waals surface area contributed by atoms with Crippen molar-refractivity contribution in [1.82, 2.24) is 24.9 Å². The van der Waals surface area contributed by atoms with Crippen molar-refractivity contribution >= 4 is 6.03 Å². The van der Waals surface area contributed by atoms with Gasteiger partial charge in [0.2, 0.25) is 0 Å². The number of carbonyl (C=O) groups excluding carboxylic acids is 1. The van der Waals surface area contributed by atoms with Crippen LogP contribution in [-0.2, 0) is 11.3 Å². The summed E-state index contributed by atoms with van der Waals surface area (Å²) in [6, 6.07) is 9.89. The van der Waals surface area contributed by atoms with Crippen LogP contribution >= 0.6 is 0 Å². The SMILES string of the molecule is CCO[C@H]1CN(C)C[C@@H]1NC(=O)N(C)Cc1ccc(-n2cccn2)cc1. The number of hydrogen-bond donors (Lipinski definition) is 1. The number of nitrogens with zero attached hydrogens (tertiary/aromatic N) is 4. The first-order valence-electron chi connectivity index (χ1n) is 8.97. The van der Waals surface area contributed by atoms with Crippen molar-refractivity contribution in [3.63, 3.8) is 0 Å². The van der Waals surface area contributed by atoms with Gasteiger partial charge in [-0.1, -0.05) is 12.1 Å². The number of rotatable bonds is 6. The van der Waals surface area contributed by atoms with E-state index < -0.39 is 0 Å². The van der Waals surface area contributed by atoms with E-state index in [0.717, 1.165) is 24.3 Å². The number of aromatic nitrogens is 2. The van der Waals surface area contributed by atoms with Crippen molar-refractivity contribution < 1.29 is 9.53 Å². The summed E-state index contributed by atoms with van der Waals surface area (Å²) in [5.74, 6) is 0. The van der Waals surface area contributed by atoms with Crippen LogP contribution in [0.25, 0.3) is 5.69 Å². The number of ether oxygens (including phenoxy) is 1. The normalized spacial score (nSPS) is 20.3. The Bertz CT molecular complexity index is 701. The molecule has 1 N–H and O–H groups in total. The van der Waals surface area contributed by atoms with Gasteiger partial charge in [-0.2, -0.15) is 5.10 Å². The van der Waals surface area contributed by atoms with Crippen LogP contribution in [0.4, 0.5) is 4.79 Å². The molecule has 0 spiro atoms. The topological polar surface area (TPSA) is 62.6 Å². The van der Waals surface area contributed by atoms with Gasteiger partial charge in [0.15, 0.2) is 0 Å². The molecule has 1 aliphatic heterocycles. The first-order valence-corrected chi connectivity index (χ1v) is 8.97.